The van der Waals surface area contributed by atoms with Crippen molar-refractivity contribution >= 4 is 5.91 Å². The predicted molar refractivity (Wildman–Crippen MR) is 51.3 cm³/mol. The molecule has 0 unspecified atom stereocenters. The van der Waals surface area contributed by atoms with Crippen molar-refractivity contribution in [1.29, 1.82) is 0 Å². The van der Waals surface area contributed by atoms with Gasteiger partial charge in [-0.25, -0.2) is 0 Å². The van der Waals surface area contributed by atoms with Crippen LogP contribution in [0.15, 0.2) is 30.3 Å². The van der Waals surface area contributed by atoms with Gasteiger partial charge in [-0.15, -0.1) is 0 Å². The normalized spacial score (nSPS) is 21.5. The minimum atomic E-state index is 0.197. The van der Waals surface area contributed by atoms with Crippen LogP contribution in [-0.2, 0) is 11.2 Å². The predicted octanol–water partition coefficient (Wildman–Crippen LogP) is 1.37. The molecule has 1 aliphatic heterocycles. The lowest BCUT2D eigenvalue weighted by Gasteiger charge is -2.05. The van der Waals surface area contributed by atoms with Crippen molar-refractivity contribution in [2.75, 3.05) is 6.54 Å². The van der Waals surface area contributed by atoms with Gasteiger partial charge in [0.15, 0.2) is 0 Å². The van der Waals surface area contributed by atoms with Gasteiger partial charge in [-0.05, 0) is 18.4 Å². The summed E-state index contributed by atoms with van der Waals surface area (Å²) in [7, 11) is 0. The van der Waals surface area contributed by atoms with E-state index in [4.69, 9.17) is 0 Å². The van der Waals surface area contributed by atoms with Crippen LogP contribution in [0, 0.1) is 5.92 Å². The molecule has 1 aromatic rings. The fourth-order valence-electron chi connectivity index (χ4n) is 1.74. The Morgan fingerprint density at radius 1 is 1.31 bits per heavy atom. The lowest BCUT2D eigenvalue weighted by atomic mass is 9.98. The fourth-order valence-corrected chi connectivity index (χ4v) is 1.74. The van der Waals surface area contributed by atoms with Crippen LogP contribution in [-0.4, -0.2) is 12.5 Å². The van der Waals surface area contributed by atoms with Crippen LogP contribution in [0.4, 0.5) is 0 Å². The molecule has 13 heavy (non-hydrogen) atoms. The molecule has 0 bridgehead atoms. The number of carbonyl (C=O) groups excluding carboxylic acids is 1. The fraction of sp³-hybridized carbons (Fsp3) is 0.364. The molecule has 1 saturated heterocycles. The van der Waals surface area contributed by atoms with Crippen molar-refractivity contribution in [1.82, 2.24) is 5.32 Å². The molecule has 1 fully saturated rings. The smallest absolute Gasteiger partial charge is 0.223 e. The molecule has 1 aromatic carbocycles. The third-order valence-corrected chi connectivity index (χ3v) is 2.49. The first-order valence-corrected chi connectivity index (χ1v) is 4.68. The Bertz CT molecular complexity index is 294. The van der Waals surface area contributed by atoms with E-state index in [-0.39, 0.29) is 11.8 Å². The third-order valence-electron chi connectivity index (χ3n) is 2.49. The maximum Gasteiger partial charge on any atom is 0.223 e. The zero-order chi connectivity index (χ0) is 9.10. The average Bonchev–Trinajstić information content (AvgIpc) is 2.54. The minimum absolute atomic E-state index is 0.197. The van der Waals surface area contributed by atoms with Crippen molar-refractivity contribution in [3.63, 3.8) is 0 Å². The SMILES string of the molecule is O=C1NCC[C@@H]1Cc1ccccc1. The molecule has 68 valence electrons. The highest BCUT2D eigenvalue weighted by Gasteiger charge is 2.23. The highest BCUT2D eigenvalue weighted by Crippen LogP contribution is 2.15. The number of carbonyl (C=O) groups is 1. The van der Waals surface area contributed by atoms with Crippen LogP contribution in [0.2, 0.25) is 0 Å². The second-order valence-corrected chi connectivity index (χ2v) is 3.47. The van der Waals surface area contributed by atoms with Gasteiger partial charge in [0, 0.05) is 12.5 Å². The zero-order valence-electron chi connectivity index (χ0n) is 7.49. The lowest BCUT2D eigenvalue weighted by molar-refractivity contribution is -0.122. The summed E-state index contributed by atoms with van der Waals surface area (Å²) < 4.78 is 0. The molecular weight excluding hydrogens is 162 g/mol. The van der Waals surface area contributed by atoms with Crippen LogP contribution >= 0.6 is 0 Å². The van der Waals surface area contributed by atoms with E-state index < -0.39 is 0 Å². The first-order chi connectivity index (χ1) is 6.36. The van der Waals surface area contributed by atoms with Gasteiger partial charge in [-0.1, -0.05) is 30.3 Å². The summed E-state index contributed by atoms with van der Waals surface area (Å²) in [5, 5.41) is 2.85. The zero-order valence-corrected chi connectivity index (χ0v) is 7.49. The van der Waals surface area contributed by atoms with E-state index in [0.717, 1.165) is 19.4 Å². The Morgan fingerprint density at radius 3 is 2.69 bits per heavy atom. The molecule has 0 spiro atoms. The summed E-state index contributed by atoms with van der Waals surface area (Å²) in [6.07, 6.45) is 1.86. The van der Waals surface area contributed by atoms with E-state index in [1.165, 1.54) is 5.56 Å². The van der Waals surface area contributed by atoms with Crippen LogP contribution in [0.1, 0.15) is 12.0 Å². The molecule has 1 heterocycles. The first kappa shape index (κ1) is 8.30. The summed E-state index contributed by atoms with van der Waals surface area (Å²) in [6.45, 7) is 0.844. The molecule has 0 aromatic heterocycles. The number of hydrogen-bond donors (Lipinski definition) is 1. The van der Waals surface area contributed by atoms with Gasteiger partial charge in [0.1, 0.15) is 0 Å². The number of rotatable bonds is 2. The van der Waals surface area contributed by atoms with E-state index in [9.17, 15) is 4.79 Å². The van der Waals surface area contributed by atoms with E-state index in [1.807, 2.05) is 18.2 Å². The monoisotopic (exact) mass is 175 g/mol. The molecule has 2 rings (SSSR count). The van der Waals surface area contributed by atoms with Gasteiger partial charge in [0.05, 0.1) is 0 Å². The molecule has 1 N–H and O–H groups in total. The molecule has 2 heteroatoms. The van der Waals surface area contributed by atoms with E-state index in [1.54, 1.807) is 0 Å². The van der Waals surface area contributed by atoms with Crippen molar-refractivity contribution in [2.24, 2.45) is 5.92 Å². The van der Waals surface area contributed by atoms with E-state index in [0.29, 0.717) is 0 Å². The van der Waals surface area contributed by atoms with Crippen LogP contribution in [0.3, 0.4) is 0 Å². The van der Waals surface area contributed by atoms with Crippen LogP contribution in [0.5, 0.6) is 0 Å². The Balaban J connectivity index is 2.02. The van der Waals surface area contributed by atoms with Crippen molar-refractivity contribution in [3.05, 3.63) is 35.9 Å². The number of nitrogens with one attached hydrogen (secondary N) is 1. The van der Waals surface area contributed by atoms with Crippen LogP contribution < -0.4 is 5.32 Å². The number of hydrogen-bond acceptors (Lipinski definition) is 1. The molecule has 1 amide bonds. The van der Waals surface area contributed by atoms with E-state index >= 15 is 0 Å². The Morgan fingerprint density at radius 2 is 2.08 bits per heavy atom. The van der Waals surface area contributed by atoms with Gasteiger partial charge in [0.25, 0.3) is 0 Å². The summed E-state index contributed by atoms with van der Waals surface area (Å²) >= 11 is 0. The summed E-state index contributed by atoms with van der Waals surface area (Å²) in [4.78, 5) is 11.3. The topological polar surface area (TPSA) is 29.1 Å². The number of benzene rings is 1. The summed E-state index contributed by atoms with van der Waals surface area (Å²) in [5.41, 5.74) is 1.25. The highest BCUT2D eigenvalue weighted by molar-refractivity contribution is 5.80. The van der Waals surface area contributed by atoms with Gasteiger partial charge >= 0.3 is 0 Å². The molecule has 1 atom stereocenters. The Labute approximate surface area is 78.0 Å². The molecule has 0 aliphatic carbocycles. The van der Waals surface area contributed by atoms with E-state index in [2.05, 4.69) is 17.4 Å². The van der Waals surface area contributed by atoms with Gasteiger partial charge in [0.2, 0.25) is 5.91 Å². The summed E-state index contributed by atoms with van der Waals surface area (Å²) in [6, 6.07) is 10.2. The van der Waals surface area contributed by atoms with Crippen LogP contribution in [0.25, 0.3) is 0 Å². The van der Waals surface area contributed by atoms with Gasteiger partial charge in [-0.3, -0.25) is 4.79 Å². The molecule has 2 nitrogen and oxygen atoms in total. The second-order valence-electron chi connectivity index (χ2n) is 3.47. The maximum atomic E-state index is 11.3. The van der Waals surface area contributed by atoms with Gasteiger partial charge in [-0.2, -0.15) is 0 Å². The quantitative estimate of drug-likeness (QED) is 0.722. The van der Waals surface area contributed by atoms with Crippen molar-refractivity contribution < 1.29 is 4.79 Å². The Hall–Kier alpha value is -1.31. The summed E-state index contributed by atoms with van der Waals surface area (Å²) in [5.74, 6) is 0.409. The third kappa shape index (κ3) is 1.89. The number of amides is 1. The van der Waals surface area contributed by atoms with Crippen molar-refractivity contribution in [2.45, 2.75) is 12.8 Å². The highest BCUT2D eigenvalue weighted by atomic mass is 16.2. The largest absolute Gasteiger partial charge is 0.356 e. The molecular formula is C11H13NO. The lowest BCUT2D eigenvalue weighted by Crippen LogP contribution is -2.20. The second kappa shape index (κ2) is 3.60. The average molecular weight is 175 g/mol. The maximum absolute atomic E-state index is 11.3. The molecule has 0 radical (unpaired) electrons. The Kier molecular flexibility index (Phi) is 2.30. The minimum Gasteiger partial charge on any atom is -0.356 e. The van der Waals surface area contributed by atoms with Crippen molar-refractivity contribution in [3.8, 4) is 0 Å². The van der Waals surface area contributed by atoms with Gasteiger partial charge < -0.3 is 5.32 Å². The molecule has 0 saturated carbocycles. The first-order valence-electron chi connectivity index (χ1n) is 4.68. The molecule has 1 aliphatic rings. The standard InChI is InChI=1S/C11H13NO/c13-11-10(6-7-12-11)8-9-4-2-1-3-5-9/h1-5,10H,6-8H2,(H,12,13)/t10-/m1/s1.